The van der Waals surface area contributed by atoms with Gasteiger partial charge in [0.15, 0.2) is 12.4 Å². The van der Waals surface area contributed by atoms with E-state index < -0.39 is 24.3 Å². The maximum atomic E-state index is 13.0. The fourth-order valence-electron chi connectivity index (χ4n) is 2.27. The molecule has 6 nitrogen and oxygen atoms in total. The van der Waals surface area contributed by atoms with Crippen molar-refractivity contribution in [1.82, 2.24) is 0 Å². The fraction of sp³-hybridized carbons (Fsp3) is 0.211. The standard InChI is InChI=1S/C19H17ClFNO5/c1-11(23)12-3-6-17(26-2)13(7-12)8-19(25)27-10-18(24)22-16-5-4-14(21)9-15(16)20/h3-7,9H,8,10H2,1-2H3,(H,22,24). The highest BCUT2D eigenvalue weighted by Crippen LogP contribution is 2.23. The molecule has 1 amide bonds. The molecule has 0 bridgehead atoms. The van der Waals surface area contributed by atoms with Gasteiger partial charge in [0.05, 0.1) is 24.2 Å². The number of esters is 1. The Kier molecular flexibility index (Phi) is 6.90. The molecule has 1 N–H and O–H groups in total. The largest absolute Gasteiger partial charge is 0.496 e. The Bertz CT molecular complexity index is 884. The number of ether oxygens (including phenoxy) is 2. The van der Waals surface area contributed by atoms with Crippen LogP contribution in [-0.4, -0.2) is 31.4 Å². The van der Waals surface area contributed by atoms with Crippen molar-refractivity contribution in [2.75, 3.05) is 19.0 Å². The zero-order chi connectivity index (χ0) is 20.0. The number of carbonyl (C=O) groups excluding carboxylic acids is 3. The van der Waals surface area contributed by atoms with E-state index in [9.17, 15) is 18.8 Å². The Balaban J connectivity index is 1.95. The van der Waals surface area contributed by atoms with E-state index in [0.29, 0.717) is 16.9 Å². The van der Waals surface area contributed by atoms with Gasteiger partial charge in [0.25, 0.3) is 5.91 Å². The van der Waals surface area contributed by atoms with E-state index in [1.807, 2.05) is 0 Å². The summed E-state index contributed by atoms with van der Waals surface area (Å²) in [6.07, 6.45) is -0.172. The van der Waals surface area contributed by atoms with Crippen LogP contribution in [-0.2, 0) is 20.7 Å². The minimum absolute atomic E-state index is 0.0282. The molecule has 2 aromatic carbocycles. The summed E-state index contributed by atoms with van der Waals surface area (Å²) in [6, 6.07) is 8.22. The van der Waals surface area contributed by atoms with Crippen LogP contribution in [0.3, 0.4) is 0 Å². The van der Waals surface area contributed by atoms with Crippen LogP contribution in [0.2, 0.25) is 5.02 Å². The van der Waals surface area contributed by atoms with Gasteiger partial charge in [-0.25, -0.2) is 4.39 Å². The van der Waals surface area contributed by atoms with Crippen LogP contribution in [0.15, 0.2) is 36.4 Å². The zero-order valence-corrected chi connectivity index (χ0v) is 15.4. The lowest BCUT2D eigenvalue weighted by Gasteiger charge is -2.11. The van der Waals surface area contributed by atoms with Gasteiger partial charge in [0, 0.05) is 11.1 Å². The van der Waals surface area contributed by atoms with Crippen molar-refractivity contribution in [2.24, 2.45) is 0 Å². The van der Waals surface area contributed by atoms with E-state index in [0.717, 1.165) is 12.1 Å². The molecule has 0 aliphatic heterocycles. The van der Waals surface area contributed by atoms with Crippen LogP contribution < -0.4 is 10.1 Å². The number of ketones is 1. The van der Waals surface area contributed by atoms with Crippen LogP contribution in [0.5, 0.6) is 5.75 Å². The highest BCUT2D eigenvalue weighted by molar-refractivity contribution is 6.33. The predicted molar refractivity (Wildman–Crippen MR) is 97.7 cm³/mol. The first-order chi connectivity index (χ1) is 12.8. The van der Waals surface area contributed by atoms with E-state index in [2.05, 4.69) is 5.32 Å². The molecule has 0 spiro atoms. The average molecular weight is 394 g/mol. The minimum Gasteiger partial charge on any atom is -0.496 e. The molecule has 0 aromatic heterocycles. The summed E-state index contributed by atoms with van der Waals surface area (Å²) in [5.41, 5.74) is 1.11. The lowest BCUT2D eigenvalue weighted by Crippen LogP contribution is -2.22. The Hall–Kier alpha value is -2.93. The van der Waals surface area contributed by atoms with Crippen LogP contribution in [0, 0.1) is 5.82 Å². The average Bonchev–Trinajstić information content (AvgIpc) is 2.62. The summed E-state index contributed by atoms with van der Waals surface area (Å²) in [4.78, 5) is 35.4. The van der Waals surface area contributed by atoms with Gasteiger partial charge in [-0.05, 0) is 43.3 Å². The van der Waals surface area contributed by atoms with Gasteiger partial charge in [-0.3, -0.25) is 14.4 Å². The van der Waals surface area contributed by atoms with Gasteiger partial charge in [0.1, 0.15) is 11.6 Å². The molecule has 0 atom stereocenters. The Morgan fingerprint density at radius 3 is 2.52 bits per heavy atom. The number of amides is 1. The normalized spacial score (nSPS) is 10.2. The van der Waals surface area contributed by atoms with Crippen LogP contribution in [0.1, 0.15) is 22.8 Å². The van der Waals surface area contributed by atoms with Gasteiger partial charge < -0.3 is 14.8 Å². The molecular formula is C19H17ClFNO5. The van der Waals surface area contributed by atoms with Crippen molar-refractivity contribution in [1.29, 1.82) is 0 Å². The first kappa shape index (κ1) is 20.4. The maximum absolute atomic E-state index is 13.0. The molecule has 8 heteroatoms. The number of anilines is 1. The molecule has 142 valence electrons. The highest BCUT2D eigenvalue weighted by Gasteiger charge is 2.14. The molecule has 0 radical (unpaired) electrons. The molecule has 0 fully saturated rings. The van der Waals surface area contributed by atoms with Gasteiger partial charge in [-0.15, -0.1) is 0 Å². The summed E-state index contributed by atoms with van der Waals surface area (Å²) in [6.45, 7) is 0.871. The maximum Gasteiger partial charge on any atom is 0.310 e. The molecule has 0 heterocycles. The summed E-state index contributed by atoms with van der Waals surface area (Å²) in [5, 5.41) is 2.45. The van der Waals surface area contributed by atoms with Crippen molar-refractivity contribution in [3.05, 3.63) is 58.4 Å². The molecule has 2 aromatic rings. The molecule has 27 heavy (non-hydrogen) atoms. The molecule has 0 saturated carbocycles. The van der Waals surface area contributed by atoms with E-state index >= 15 is 0 Å². The van der Waals surface area contributed by atoms with Gasteiger partial charge in [-0.1, -0.05) is 11.6 Å². The topological polar surface area (TPSA) is 81.7 Å². The third-order valence-corrected chi connectivity index (χ3v) is 3.90. The van der Waals surface area contributed by atoms with Crippen LogP contribution in [0.4, 0.5) is 10.1 Å². The number of Topliss-reactive ketones (excluding diaryl/α,β-unsaturated/α-hetero) is 1. The number of benzene rings is 2. The minimum atomic E-state index is -0.672. The second kappa shape index (κ2) is 9.14. The van der Waals surface area contributed by atoms with E-state index in [1.54, 1.807) is 18.2 Å². The number of nitrogens with one attached hydrogen (secondary N) is 1. The number of halogens is 2. The van der Waals surface area contributed by atoms with E-state index in [1.165, 1.54) is 20.1 Å². The van der Waals surface area contributed by atoms with Crippen LogP contribution >= 0.6 is 11.6 Å². The third-order valence-electron chi connectivity index (χ3n) is 3.59. The Morgan fingerprint density at radius 2 is 1.89 bits per heavy atom. The molecule has 2 rings (SSSR count). The molecule has 0 saturated heterocycles. The summed E-state index contributed by atoms with van der Waals surface area (Å²) < 4.78 is 23.1. The van der Waals surface area contributed by atoms with Gasteiger partial charge in [-0.2, -0.15) is 0 Å². The van der Waals surface area contributed by atoms with E-state index in [-0.39, 0.29) is 22.9 Å². The Morgan fingerprint density at radius 1 is 1.15 bits per heavy atom. The lowest BCUT2D eigenvalue weighted by atomic mass is 10.0. The molecule has 0 aliphatic rings. The fourth-order valence-corrected chi connectivity index (χ4v) is 2.48. The number of methoxy groups -OCH3 is 1. The smallest absolute Gasteiger partial charge is 0.310 e. The second-order valence-electron chi connectivity index (χ2n) is 5.59. The van der Waals surface area contributed by atoms with Gasteiger partial charge in [0.2, 0.25) is 0 Å². The van der Waals surface area contributed by atoms with Crippen molar-refractivity contribution in [3.8, 4) is 5.75 Å². The number of hydrogen-bond donors (Lipinski definition) is 1. The summed E-state index contributed by atoms with van der Waals surface area (Å²) >= 11 is 5.81. The first-order valence-corrected chi connectivity index (χ1v) is 8.26. The summed E-state index contributed by atoms with van der Waals surface area (Å²) in [7, 11) is 1.44. The van der Waals surface area contributed by atoms with Crippen LogP contribution in [0.25, 0.3) is 0 Å². The van der Waals surface area contributed by atoms with Crippen molar-refractivity contribution >= 4 is 34.9 Å². The van der Waals surface area contributed by atoms with Crippen molar-refractivity contribution in [3.63, 3.8) is 0 Å². The molecule has 0 unspecified atom stereocenters. The Labute approximate surface area is 160 Å². The highest BCUT2D eigenvalue weighted by atomic mass is 35.5. The van der Waals surface area contributed by atoms with Crippen molar-refractivity contribution < 1.29 is 28.2 Å². The van der Waals surface area contributed by atoms with E-state index in [4.69, 9.17) is 21.1 Å². The molecule has 0 aliphatic carbocycles. The number of carbonyl (C=O) groups is 3. The second-order valence-corrected chi connectivity index (χ2v) is 6.00. The monoisotopic (exact) mass is 393 g/mol. The number of rotatable bonds is 7. The number of hydrogen-bond acceptors (Lipinski definition) is 5. The lowest BCUT2D eigenvalue weighted by molar-refractivity contribution is -0.146. The van der Waals surface area contributed by atoms with Gasteiger partial charge >= 0.3 is 5.97 Å². The zero-order valence-electron chi connectivity index (χ0n) is 14.7. The summed E-state index contributed by atoms with van der Waals surface area (Å²) in [5.74, 6) is -1.55. The first-order valence-electron chi connectivity index (χ1n) is 7.88. The van der Waals surface area contributed by atoms with Crippen molar-refractivity contribution in [2.45, 2.75) is 13.3 Å². The quantitative estimate of drug-likeness (QED) is 0.575. The molecular weight excluding hydrogens is 377 g/mol. The third kappa shape index (κ3) is 5.79. The SMILES string of the molecule is COc1ccc(C(C)=O)cc1CC(=O)OCC(=O)Nc1ccc(F)cc1Cl. The predicted octanol–water partition coefficient (Wildman–Crippen LogP) is 3.41.